The third-order valence-corrected chi connectivity index (χ3v) is 4.29. The predicted molar refractivity (Wildman–Crippen MR) is 87.4 cm³/mol. The molecule has 1 aromatic rings. The number of nitrogens with one attached hydrogen (secondary N) is 2. The first-order valence-electron chi connectivity index (χ1n) is 8.28. The van der Waals surface area contributed by atoms with Crippen LogP contribution in [0.5, 0.6) is 0 Å². The van der Waals surface area contributed by atoms with Crippen LogP contribution < -0.4 is 10.6 Å². The van der Waals surface area contributed by atoms with Gasteiger partial charge in [-0.05, 0) is 11.6 Å². The number of rotatable bonds is 6. The molecule has 2 N–H and O–H groups in total. The standard InChI is InChI=1S/C16H23N5O3/c22-15(18-4-6-21-7-5-19-16(21)23)14(13-2-1-3-17-12-13)20-8-10-24-11-9-20/h1-3,12,14H,4-11H2,(H,18,22)(H,19,23)/t14-/m1/s1. The maximum atomic E-state index is 12.8. The molecule has 1 aromatic heterocycles. The van der Waals surface area contributed by atoms with Crippen molar-refractivity contribution in [3.8, 4) is 0 Å². The molecular weight excluding hydrogens is 310 g/mol. The van der Waals surface area contributed by atoms with E-state index in [-0.39, 0.29) is 18.0 Å². The van der Waals surface area contributed by atoms with Crippen molar-refractivity contribution < 1.29 is 14.3 Å². The third-order valence-electron chi connectivity index (χ3n) is 4.29. The van der Waals surface area contributed by atoms with Gasteiger partial charge in [-0.15, -0.1) is 0 Å². The summed E-state index contributed by atoms with van der Waals surface area (Å²) in [5, 5.41) is 5.71. The highest BCUT2D eigenvalue weighted by atomic mass is 16.5. The quantitative estimate of drug-likeness (QED) is 0.739. The Balaban J connectivity index is 1.61. The fraction of sp³-hybridized carbons (Fsp3) is 0.562. The van der Waals surface area contributed by atoms with E-state index in [4.69, 9.17) is 4.74 Å². The first kappa shape index (κ1) is 16.7. The van der Waals surface area contributed by atoms with Crippen LogP contribution in [0.4, 0.5) is 4.79 Å². The van der Waals surface area contributed by atoms with Crippen molar-refractivity contribution >= 4 is 11.9 Å². The number of urea groups is 1. The Labute approximate surface area is 141 Å². The van der Waals surface area contributed by atoms with Gasteiger partial charge in [0.15, 0.2) is 0 Å². The number of morpholine rings is 1. The molecule has 3 rings (SSSR count). The molecule has 0 spiro atoms. The summed E-state index contributed by atoms with van der Waals surface area (Å²) in [6.45, 7) is 4.97. The van der Waals surface area contributed by atoms with Crippen molar-refractivity contribution in [2.75, 3.05) is 52.5 Å². The maximum Gasteiger partial charge on any atom is 0.317 e. The number of aromatic nitrogens is 1. The summed E-state index contributed by atoms with van der Waals surface area (Å²) in [6, 6.07) is 3.31. The van der Waals surface area contributed by atoms with Crippen molar-refractivity contribution in [3.63, 3.8) is 0 Å². The van der Waals surface area contributed by atoms with E-state index < -0.39 is 0 Å². The van der Waals surface area contributed by atoms with Crippen LogP contribution in [0.25, 0.3) is 0 Å². The molecular formula is C16H23N5O3. The number of nitrogens with zero attached hydrogens (tertiary/aromatic N) is 3. The lowest BCUT2D eigenvalue weighted by Crippen LogP contribution is -2.47. The topological polar surface area (TPSA) is 86.8 Å². The van der Waals surface area contributed by atoms with Crippen LogP contribution in [0.2, 0.25) is 0 Å². The van der Waals surface area contributed by atoms with Gasteiger partial charge in [0.25, 0.3) is 0 Å². The van der Waals surface area contributed by atoms with Gasteiger partial charge in [-0.2, -0.15) is 0 Å². The van der Waals surface area contributed by atoms with Gasteiger partial charge in [-0.3, -0.25) is 14.7 Å². The number of hydrogen-bond donors (Lipinski definition) is 2. The molecule has 0 unspecified atom stereocenters. The predicted octanol–water partition coefficient (Wildman–Crippen LogP) is -0.404. The SMILES string of the molecule is O=C(NCCN1CCNC1=O)[C@@H](c1cccnc1)N1CCOCC1. The molecule has 1 atom stereocenters. The monoisotopic (exact) mass is 333 g/mol. The van der Waals surface area contributed by atoms with E-state index in [2.05, 4.69) is 20.5 Å². The maximum absolute atomic E-state index is 12.8. The minimum absolute atomic E-state index is 0.0653. The lowest BCUT2D eigenvalue weighted by molar-refractivity contribution is -0.128. The normalized spacial score (nSPS) is 19.8. The Kier molecular flexibility index (Phi) is 5.60. The van der Waals surface area contributed by atoms with Crippen molar-refractivity contribution in [2.24, 2.45) is 0 Å². The first-order valence-corrected chi connectivity index (χ1v) is 8.28. The average molecular weight is 333 g/mol. The molecule has 8 heteroatoms. The van der Waals surface area contributed by atoms with Gasteiger partial charge >= 0.3 is 6.03 Å². The average Bonchev–Trinajstić information content (AvgIpc) is 3.02. The van der Waals surface area contributed by atoms with Crippen LogP contribution in [0.3, 0.4) is 0 Å². The highest BCUT2D eigenvalue weighted by molar-refractivity contribution is 5.83. The summed E-state index contributed by atoms with van der Waals surface area (Å²) in [5.74, 6) is -0.0653. The fourth-order valence-electron chi connectivity index (χ4n) is 3.04. The molecule has 2 aliphatic heterocycles. The Morgan fingerprint density at radius 1 is 1.38 bits per heavy atom. The van der Waals surface area contributed by atoms with Crippen LogP contribution in [-0.2, 0) is 9.53 Å². The van der Waals surface area contributed by atoms with E-state index in [1.54, 1.807) is 17.3 Å². The molecule has 2 aliphatic rings. The highest BCUT2D eigenvalue weighted by Gasteiger charge is 2.29. The zero-order valence-corrected chi connectivity index (χ0v) is 13.6. The molecule has 0 saturated carbocycles. The van der Waals surface area contributed by atoms with Crippen LogP contribution in [-0.4, -0.2) is 79.2 Å². The molecule has 130 valence electrons. The molecule has 8 nitrogen and oxygen atoms in total. The fourth-order valence-corrected chi connectivity index (χ4v) is 3.04. The minimum Gasteiger partial charge on any atom is -0.379 e. The van der Waals surface area contributed by atoms with Crippen molar-refractivity contribution in [1.29, 1.82) is 0 Å². The van der Waals surface area contributed by atoms with Gasteiger partial charge in [-0.25, -0.2) is 4.79 Å². The number of ether oxygens (including phenoxy) is 1. The number of amides is 3. The van der Waals surface area contributed by atoms with E-state index in [1.165, 1.54) is 0 Å². The summed E-state index contributed by atoms with van der Waals surface area (Å²) in [7, 11) is 0. The van der Waals surface area contributed by atoms with E-state index in [0.717, 1.165) is 5.56 Å². The van der Waals surface area contributed by atoms with Gasteiger partial charge in [0.1, 0.15) is 6.04 Å². The first-order chi connectivity index (χ1) is 11.8. The van der Waals surface area contributed by atoms with Gasteiger partial charge in [0.2, 0.25) is 5.91 Å². The molecule has 0 bridgehead atoms. The van der Waals surface area contributed by atoms with E-state index in [9.17, 15) is 9.59 Å². The summed E-state index contributed by atoms with van der Waals surface area (Å²) in [6.07, 6.45) is 3.43. The highest BCUT2D eigenvalue weighted by Crippen LogP contribution is 2.21. The van der Waals surface area contributed by atoms with Crippen LogP contribution in [0, 0.1) is 0 Å². The van der Waals surface area contributed by atoms with E-state index >= 15 is 0 Å². The lowest BCUT2D eigenvalue weighted by Gasteiger charge is -2.33. The molecule has 24 heavy (non-hydrogen) atoms. The summed E-state index contributed by atoms with van der Waals surface area (Å²) in [4.78, 5) is 32.2. The Hall–Kier alpha value is -2.19. The number of carbonyl (C=O) groups excluding carboxylic acids is 2. The molecule has 2 fully saturated rings. The van der Waals surface area contributed by atoms with Crippen molar-refractivity contribution in [2.45, 2.75) is 6.04 Å². The second kappa shape index (κ2) is 8.07. The van der Waals surface area contributed by atoms with Crippen molar-refractivity contribution in [1.82, 2.24) is 25.4 Å². The Morgan fingerprint density at radius 3 is 2.88 bits per heavy atom. The number of hydrogen-bond acceptors (Lipinski definition) is 5. The van der Waals surface area contributed by atoms with Crippen LogP contribution in [0.15, 0.2) is 24.5 Å². The van der Waals surface area contributed by atoms with Gasteiger partial charge < -0.3 is 20.3 Å². The molecule has 0 aromatic carbocycles. The Morgan fingerprint density at radius 2 is 2.21 bits per heavy atom. The smallest absolute Gasteiger partial charge is 0.317 e. The zero-order valence-electron chi connectivity index (χ0n) is 13.6. The van der Waals surface area contributed by atoms with Gasteiger partial charge in [0, 0.05) is 51.7 Å². The Bertz CT molecular complexity index is 562. The van der Waals surface area contributed by atoms with Crippen LogP contribution in [0.1, 0.15) is 11.6 Å². The molecule has 3 amide bonds. The number of pyridine rings is 1. The second-order valence-electron chi connectivity index (χ2n) is 5.85. The zero-order chi connectivity index (χ0) is 16.8. The van der Waals surface area contributed by atoms with E-state index in [1.807, 2.05) is 12.1 Å². The summed E-state index contributed by atoms with van der Waals surface area (Å²) < 4.78 is 5.39. The summed E-state index contributed by atoms with van der Waals surface area (Å²) in [5.41, 5.74) is 0.871. The van der Waals surface area contributed by atoms with Gasteiger partial charge in [0.05, 0.1) is 13.2 Å². The second-order valence-corrected chi connectivity index (χ2v) is 5.85. The van der Waals surface area contributed by atoms with Crippen molar-refractivity contribution in [3.05, 3.63) is 30.1 Å². The molecule has 3 heterocycles. The summed E-state index contributed by atoms with van der Waals surface area (Å²) >= 11 is 0. The molecule has 0 aliphatic carbocycles. The largest absolute Gasteiger partial charge is 0.379 e. The number of carbonyl (C=O) groups is 2. The third kappa shape index (κ3) is 4.01. The van der Waals surface area contributed by atoms with Gasteiger partial charge in [-0.1, -0.05) is 6.07 Å². The molecule has 2 saturated heterocycles. The lowest BCUT2D eigenvalue weighted by atomic mass is 10.1. The molecule has 0 radical (unpaired) electrons. The van der Waals surface area contributed by atoms with E-state index in [0.29, 0.717) is 52.5 Å². The van der Waals surface area contributed by atoms with Crippen LogP contribution >= 0.6 is 0 Å². The minimum atomic E-state index is -0.380.